The van der Waals surface area contributed by atoms with Gasteiger partial charge in [-0.3, -0.25) is 24.0 Å². The van der Waals surface area contributed by atoms with Crippen LogP contribution in [0.3, 0.4) is 0 Å². The lowest BCUT2D eigenvalue weighted by atomic mass is 10.1. The zero-order valence-electron chi connectivity index (χ0n) is 22.7. The summed E-state index contributed by atoms with van der Waals surface area (Å²) in [6.45, 7) is 4.59. The van der Waals surface area contributed by atoms with E-state index in [-0.39, 0.29) is 28.7 Å². The van der Waals surface area contributed by atoms with E-state index in [4.69, 9.17) is 4.74 Å². The number of ether oxygens (including phenoxy) is 1. The minimum Gasteiger partial charge on any atom is -0.497 e. The third-order valence-electron chi connectivity index (χ3n) is 6.32. The minimum atomic E-state index is -4.46. The largest absolute Gasteiger partial charge is 0.497 e. The maximum atomic E-state index is 13.9. The van der Waals surface area contributed by atoms with Crippen molar-refractivity contribution in [3.8, 4) is 5.75 Å². The van der Waals surface area contributed by atoms with Crippen LogP contribution in [0.4, 0.5) is 11.4 Å². The Hall–Kier alpha value is -4.45. The van der Waals surface area contributed by atoms with Gasteiger partial charge in [-0.15, -0.1) is 0 Å². The number of sulfonamides is 1. The number of likely N-dealkylation sites (N-methyl/N-ethyl adjacent to an activating group) is 1. The molecule has 0 radical (unpaired) electrons. The molecule has 0 bridgehead atoms. The molecule has 0 aliphatic rings. The first-order valence-electron chi connectivity index (χ1n) is 12.5. The predicted octanol–water partition coefficient (Wildman–Crippen LogP) is 3.66. The molecule has 11 nitrogen and oxygen atoms in total. The molecular weight excluding hydrogens is 536 g/mol. The number of amides is 2. The molecule has 2 amide bonds. The summed E-state index contributed by atoms with van der Waals surface area (Å²) in [4.78, 5) is 38.4. The lowest BCUT2D eigenvalue weighted by molar-refractivity contribution is -0.385. The van der Waals surface area contributed by atoms with E-state index in [1.54, 1.807) is 50.2 Å². The molecule has 0 saturated heterocycles. The number of nitro benzene ring substituents is 1. The summed E-state index contributed by atoms with van der Waals surface area (Å²) in [5.74, 6) is -0.558. The van der Waals surface area contributed by atoms with Gasteiger partial charge in [0.1, 0.15) is 18.3 Å². The molecule has 0 saturated carbocycles. The average molecular weight is 569 g/mol. The van der Waals surface area contributed by atoms with E-state index >= 15 is 0 Å². The molecule has 1 N–H and O–H groups in total. The second kappa shape index (κ2) is 13.1. The molecule has 1 atom stereocenters. The normalized spacial score (nSPS) is 11.8. The maximum Gasteiger partial charge on any atom is 0.273 e. The van der Waals surface area contributed by atoms with Crippen LogP contribution in [0.5, 0.6) is 5.75 Å². The van der Waals surface area contributed by atoms with Crippen molar-refractivity contribution in [3.05, 3.63) is 94.0 Å². The van der Waals surface area contributed by atoms with E-state index in [2.05, 4.69) is 5.32 Å². The van der Waals surface area contributed by atoms with Gasteiger partial charge in [0, 0.05) is 24.7 Å². The summed E-state index contributed by atoms with van der Waals surface area (Å²) in [6, 6.07) is 17.7. The first-order chi connectivity index (χ1) is 19.0. The Morgan fingerprint density at radius 1 is 1.05 bits per heavy atom. The molecule has 0 aliphatic carbocycles. The van der Waals surface area contributed by atoms with E-state index in [1.807, 2.05) is 6.07 Å². The highest BCUT2D eigenvalue weighted by atomic mass is 32.2. The summed E-state index contributed by atoms with van der Waals surface area (Å²) in [5.41, 5.74) is 0.821. The molecule has 0 unspecified atom stereocenters. The van der Waals surface area contributed by atoms with E-state index < -0.39 is 33.4 Å². The van der Waals surface area contributed by atoms with E-state index in [9.17, 15) is 28.1 Å². The van der Waals surface area contributed by atoms with Crippen LogP contribution in [0.2, 0.25) is 0 Å². The fourth-order valence-corrected chi connectivity index (χ4v) is 5.47. The molecule has 0 aromatic heterocycles. The number of aryl methyl sites for hydroxylation is 1. The summed E-state index contributed by atoms with van der Waals surface area (Å²) < 4.78 is 33.9. The van der Waals surface area contributed by atoms with Crippen LogP contribution in [0.1, 0.15) is 25.0 Å². The van der Waals surface area contributed by atoms with Crippen molar-refractivity contribution < 1.29 is 27.7 Å². The van der Waals surface area contributed by atoms with Gasteiger partial charge in [0.2, 0.25) is 11.8 Å². The second-order valence-electron chi connectivity index (χ2n) is 8.99. The number of methoxy groups -OCH3 is 1. The van der Waals surface area contributed by atoms with Gasteiger partial charge >= 0.3 is 0 Å². The Morgan fingerprint density at radius 3 is 2.27 bits per heavy atom. The average Bonchev–Trinajstić information content (AvgIpc) is 2.94. The van der Waals surface area contributed by atoms with Crippen molar-refractivity contribution in [3.63, 3.8) is 0 Å². The molecule has 12 heteroatoms. The highest BCUT2D eigenvalue weighted by Crippen LogP contribution is 2.29. The van der Waals surface area contributed by atoms with Gasteiger partial charge < -0.3 is 15.0 Å². The summed E-state index contributed by atoms with van der Waals surface area (Å²) >= 11 is 0. The molecule has 0 spiro atoms. The fourth-order valence-electron chi connectivity index (χ4n) is 4.04. The fraction of sp³-hybridized carbons (Fsp3) is 0.286. The Morgan fingerprint density at radius 2 is 1.70 bits per heavy atom. The van der Waals surface area contributed by atoms with Crippen molar-refractivity contribution >= 4 is 33.2 Å². The van der Waals surface area contributed by atoms with Gasteiger partial charge in [0.25, 0.3) is 15.7 Å². The van der Waals surface area contributed by atoms with Gasteiger partial charge in [0.15, 0.2) is 0 Å². The third kappa shape index (κ3) is 6.94. The lowest BCUT2D eigenvalue weighted by Crippen LogP contribution is -2.51. The van der Waals surface area contributed by atoms with Gasteiger partial charge in [-0.2, -0.15) is 0 Å². The van der Waals surface area contributed by atoms with Crippen LogP contribution in [0.25, 0.3) is 0 Å². The third-order valence-corrected chi connectivity index (χ3v) is 8.09. The standard InChI is InChI=1S/C28H32N4O7S/c1-5-29-28(34)21(3)30(18-22-9-7-6-8-10-22)27(33)19-31(23-12-14-24(39-4)15-13-23)40(37,38)25-16-11-20(2)26(17-25)32(35)36/h6-17,21H,5,18-19H2,1-4H3,(H,29,34)/t21-/m1/s1. The van der Waals surface area contributed by atoms with Crippen LogP contribution >= 0.6 is 0 Å². The van der Waals surface area contributed by atoms with Gasteiger partial charge in [-0.05, 0) is 56.7 Å². The smallest absolute Gasteiger partial charge is 0.273 e. The van der Waals surface area contributed by atoms with Crippen LogP contribution in [0.15, 0.2) is 77.7 Å². The summed E-state index contributed by atoms with van der Waals surface area (Å²) in [5, 5.41) is 14.2. The van der Waals surface area contributed by atoms with Crippen molar-refractivity contribution in [1.29, 1.82) is 0 Å². The quantitative estimate of drug-likeness (QED) is 0.260. The molecule has 3 aromatic carbocycles. The molecular formula is C28H32N4O7S. The highest BCUT2D eigenvalue weighted by Gasteiger charge is 2.33. The molecule has 40 heavy (non-hydrogen) atoms. The first-order valence-corrected chi connectivity index (χ1v) is 14.0. The molecule has 3 rings (SSSR count). The topological polar surface area (TPSA) is 139 Å². The number of rotatable bonds is 12. The zero-order chi connectivity index (χ0) is 29.4. The van der Waals surface area contributed by atoms with E-state index in [0.717, 1.165) is 15.9 Å². The second-order valence-corrected chi connectivity index (χ2v) is 10.9. The van der Waals surface area contributed by atoms with Gasteiger partial charge in [-0.25, -0.2) is 8.42 Å². The maximum absolute atomic E-state index is 13.9. The number of anilines is 1. The molecule has 0 aliphatic heterocycles. The van der Waals surface area contributed by atoms with Crippen molar-refractivity contribution in [1.82, 2.24) is 10.2 Å². The Balaban J connectivity index is 2.08. The minimum absolute atomic E-state index is 0.0600. The summed E-state index contributed by atoms with van der Waals surface area (Å²) in [7, 11) is -3.00. The number of benzene rings is 3. The number of nitro groups is 1. The van der Waals surface area contributed by atoms with Crippen LogP contribution < -0.4 is 14.4 Å². The SMILES string of the molecule is CCNC(=O)[C@@H](C)N(Cc1ccccc1)C(=O)CN(c1ccc(OC)cc1)S(=O)(=O)c1ccc(C)c([N+](=O)[O-])c1. The molecule has 212 valence electrons. The van der Waals surface area contributed by atoms with Crippen LogP contribution in [-0.4, -0.2) is 56.3 Å². The van der Waals surface area contributed by atoms with Crippen LogP contribution in [-0.2, 0) is 26.2 Å². The predicted molar refractivity (Wildman–Crippen MR) is 150 cm³/mol. The van der Waals surface area contributed by atoms with Crippen molar-refractivity contribution in [2.75, 3.05) is 24.5 Å². The van der Waals surface area contributed by atoms with E-state index in [0.29, 0.717) is 17.9 Å². The van der Waals surface area contributed by atoms with Crippen molar-refractivity contribution in [2.45, 2.75) is 38.3 Å². The molecule has 3 aromatic rings. The van der Waals surface area contributed by atoms with Gasteiger partial charge in [0.05, 0.1) is 22.6 Å². The number of carbonyl (C=O) groups is 2. The molecule has 0 fully saturated rings. The summed E-state index contributed by atoms with van der Waals surface area (Å²) in [6.07, 6.45) is 0. The number of carbonyl (C=O) groups excluding carboxylic acids is 2. The van der Waals surface area contributed by atoms with E-state index in [1.165, 1.54) is 43.2 Å². The Labute approximate surface area is 233 Å². The number of hydrogen-bond acceptors (Lipinski definition) is 7. The zero-order valence-corrected chi connectivity index (χ0v) is 23.6. The highest BCUT2D eigenvalue weighted by molar-refractivity contribution is 7.92. The van der Waals surface area contributed by atoms with Crippen molar-refractivity contribution in [2.24, 2.45) is 0 Å². The van der Waals surface area contributed by atoms with Gasteiger partial charge in [-0.1, -0.05) is 36.4 Å². The van der Waals surface area contributed by atoms with Crippen LogP contribution in [0, 0.1) is 17.0 Å². The number of nitrogens with one attached hydrogen (secondary N) is 1. The number of hydrogen-bond donors (Lipinski definition) is 1. The Bertz CT molecular complexity index is 1460. The lowest BCUT2D eigenvalue weighted by Gasteiger charge is -2.32. The number of nitrogens with zero attached hydrogens (tertiary/aromatic N) is 3. The first kappa shape index (κ1) is 30.1. The molecule has 0 heterocycles. The monoisotopic (exact) mass is 568 g/mol. The Kier molecular flexibility index (Phi) is 9.83.